The van der Waals surface area contributed by atoms with Crippen molar-refractivity contribution < 1.29 is 36.6 Å². The highest BCUT2D eigenvalue weighted by Gasteiger charge is 2.59. The van der Waals surface area contributed by atoms with Gasteiger partial charge >= 0.3 is 6.18 Å². The van der Waals surface area contributed by atoms with Gasteiger partial charge in [-0.1, -0.05) is 11.6 Å². The molecule has 1 aromatic carbocycles. The fourth-order valence-electron chi connectivity index (χ4n) is 4.33. The molecule has 3 unspecified atom stereocenters. The molecule has 3 aromatic rings. The number of aliphatic hydroxyl groups excluding tert-OH is 1. The first-order chi connectivity index (χ1) is 18.3. The third-order valence-corrected chi connectivity index (χ3v) is 6.86. The van der Waals surface area contributed by atoms with Crippen LogP contribution in [0, 0.1) is 0 Å². The molecule has 16 heteroatoms. The van der Waals surface area contributed by atoms with Gasteiger partial charge in [-0.2, -0.15) is 18.3 Å². The monoisotopic (exact) mass is 573 g/mol. The van der Waals surface area contributed by atoms with Gasteiger partial charge in [-0.05, 0) is 18.2 Å². The van der Waals surface area contributed by atoms with E-state index < -0.39 is 59.8 Å². The second-order valence-electron chi connectivity index (χ2n) is 9.33. The summed E-state index contributed by atoms with van der Waals surface area (Å²) in [4.78, 5) is 29.3. The first-order valence-corrected chi connectivity index (χ1v) is 12.0. The van der Waals surface area contributed by atoms with Crippen molar-refractivity contribution in [3.63, 3.8) is 0 Å². The number of aromatic nitrogens is 4. The summed E-state index contributed by atoms with van der Waals surface area (Å²) in [6.45, 7) is 0.734. The van der Waals surface area contributed by atoms with Crippen LogP contribution in [-0.2, 0) is 13.2 Å². The van der Waals surface area contributed by atoms with E-state index in [0.717, 1.165) is 17.0 Å². The standard InChI is InChI=1S/C23H21ClF5N7O3/c1-35-15(12-9-36(17-5-22(17,25)26)34-18(12)23(27,28)29)7-31-19(35)21(39)32-10-2-3-11(13(24)4-10)20(38)33-14-6-30-8-16(14)37/h2-4,7,9,14,16-17,30,37H,5-6,8H2,1H3,(H,32,39)(H,33,38). The van der Waals surface area contributed by atoms with E-state index in [0.29, 0.717) is 17.8 Å². The molecule has 1 saturated carbocycles. The highest BCUT2D eigenvalue weighted by Crippen LogP contribution is 2.53. The van der Waals surface area contributed by atoms with Crippen molar-refractivity contribution in [2.75, 3.05) is 18.4 Å². The van der Waals surface area contributed by atoms with E-state index in [2.05, 4.69) is 26.0 Å². The van der Waals surface area contributed by atoms with Crippen LogP contribution in [0.5, 0.6) is 0 Å². The molecule has 39 heavy (non-hydrogen) atoms. The minimum Gasteiger partial charge on any atom is -0.390 e. The minimum atomic E-state index is -4.94. The third kappa shape index (κ3) is 5.21. The predicted octanol–water partition coefficient (Wildman–Crippen LogP) is 2.85. The number of benzene rings is 1. The molecule has 5 rings (SSSR count). The Kier molecular flexibility index (Phi) is 6.63. The van der Waals surface area contributed by atoms with Gasteiger partial charge in [0.05, 0.1) is 40.2 Å². The molecule has 2 fully saturated rings. The molecular weight excluding hydrogens is 553 g/mol. The Hall–Kier alpha value is -3.56. The number of nitrogens with one attached hydrogen (secondary N) is 3. The van der Waals surface area contributed by atoms with Gasteiger partial charge in [-0.15, -0.1) is 0 Å². The summed E-state index contributed by atoms with van der Waals surface area (Å²) in [5.41, 5.74) is -1.75. The van der Waals surface area contributed by atoms with Crippen molar-refractivity contribution in [2.24, 2.45) is 7.05 Å². The van der Waals surface area contributed by atoms with Crippen LogP contribution in [0.2, 0.25) is 5.02 Å². The van der Waals surface area contributed by atoms with Crippen LogP contribution in [-0.4, -0.2) is 67.4 Å². The Morgan fingerprint density at radius 1 is 1.23 bits per heavy atom. The molecule has 4 N–H and O–H groups in total. The number of rotatable bonds is 6. The van der Waals surface area contributed by atoms with E-state index in [1.54, 1.807) is 0 Å². The topological polar surface area (TPSA) is 126 Å². The van der Waals surface area contributed by atoms with Crippen molar-refractivity contribution in [3.05, 3.63) is 52.7 Å². The van der Waals surface area contributed by atoms with Crippen LogP contribution < -0.4 is 16.0 Å². The van der Waals surface area contributed by atoms with Crippen LogP contribution in [0.1, 0.15) is 39.1 Å². The van der Waals surface area contributed by atoms with Crippen molar-refractivity contribution in [1.82, 2.24) is 30.0 Å². The highest BCUT2D eigenvalue weighted by atomic mass is 35.5. The van der Waals surface area contributed by atoms with Gasteiger partial charge in [-0.3, -0.25) is 14.3 Å². The summed E-state index contributed by atoms with van der Waals surface area (Å²) in [6, 6.07) is 2.11. The second kappa shape index (κ2) is 9.57. The van der Waals surface area contributed by atoms with Gasteiger partial charge in [0.15, 0.2) is 11.5 Å². The lowest BCUT2D eigenvalue weighted by Gasteiger charge is -2.16. The van der Waals surface area contributed by atoms with Crippen LogP contribution in [0.4, 0.5) is 27.6 Å². The number of anilines is 1. The Morgan fingerprint density at radius 3 is 2.54 bits per heavy atom. The molecule has 0 spiro atoms. The van der Waals surface area contributed by atoms with Crippen molar-refractivity contribution in [1.29, 1.82) is 0 Å². The maximum Gasteiger partial charge on any atom is 0.435 e. The largest absolute Gasteiger partial charge is 0.435 e. The average molecular weight is 574 g/mol. The average Bonchev–Trinajstić information content (AvgIpc) is 3.25. The smallest absolute Gasteiger partial charge is 0.390 e. The SMILES string of the molecule is Cn1c(-c2cn(C3CC3(F)F)nc2C(F)(F)F)cnc1C(=O)Nc1ccc(C(=O)NC2CNCC2O)c(Cl)c1. The molecule has 3 heterocycles. The summed E-state index contributed by atoms with van der Waals surface area (Å²) in [5, 5.41) is 21.3. The van der Waals surface area contributed by atoms with Gasteiger partial charge in [0.2, 0.25) is 0 Å². The van der Waals surface area contributed by atoms with Gasteiger partial charge in [-0.25, -0.2) is 13.8 Å². The summed E-state index contributed by atoms with van der Waals surface area (Å²) < 4.78 is 69.5. The molecule has 1 aliphatic carbocycles. The summed E-state index contributed by atoms with van der Waals surface area (Å²) >= 11 is 6.22. The zero-order valence-corrected chi connectivity index (χ0v) is 20.8. The summed E-state index contributed by atoms with van der Waals surface area (Å²) in [7, 11) is 1.30. The maximum atomic E-state index is 13.6. The van der Waals surface area contributed by atoms with E-state index in [1.807, 2.05) is 0 Å². The fourth-order valence-corrected chi connectivity index (χ4v) is 4.59. The van der Waals surface area contributed by atoms with E-state index in [1.165, 1.54) is 25.2 Å². The van der Waals surface area contributed by atoms with Crippen molar-refractivity contribution >= 4 is 29.1 Å². The molecule has 2 aromatic heterocycles. The molecular formula is C23H21ClF5N7O3. The number of hydrogen-bond acceptors (Lipinski definition) is 6. The zero-order valence-electron chi connectivity index (χ0n) is 20.1. The molecule has 2 amide bonds. The van der Waals surface area contributed by atoms with E-state index in [4.69, 9.17) is 11.6 Å². The lowest BCUT2D eigenvalue weighted by atomic mass is 10.1. The number of alkyl halides is 5. The zero-order chi connectivity index (χ0) is 28.3. The predicted molar refractivity (Wildman–Crippen MR) is 128 cm³/mol. The van der Waals surface area contributed by atoms with E-state index >= 15 is 0 Å². The normalized spacial score (nSPS) is 22.1. The van der Waals surface area contributed by atoms with Crippen LogP contribution in [0.15, 0.2) is 30.6 Å². The number of amides is 2. The number of carbonyl (C=O) groups is 2. The molecule has 10 nitrogen and oxygen atoms in total. The van der Waals surface area contributed by atoms with E-state index in [9.17, 15) is 36.6 Å². The summed E-state index contributed by atoms with van der Waals surface area (Å²) in [6.07, 6.45) is -4.41. The molecule has 0 bridgehead atoms. The highest BCUT2D eigenvalue weighted by molar-refractivity contribution is 6.34. The lowest BCUT2D eigenvalue weighted by Crippen LogP contribution is -2.42. The number of nitrogens with zero attached hydrogens (tertiary/aromatic N) is 4. The van der Waals surface area contributed by atoms with Crippen LogP contribution in [0.25, 0.3) is 11.3 Å². The van der Waals surface area contributed by atoms with Crippen molar-refractivity contribution in [3.8, 4) is 11.3 Å². The number of β-amino-alcohol motifs (C(OH)–C–C–N with tert-alkyl or cyclic N) is 1. The number of aliphatic hydroxyl groups is 1. The van der Waals surface area contributed by atoms with Gasteiger partial charge < -0.3 is 25.6 Å². The van der Waals surface area contributed by atoms with Gasteiger partial charge in [0.25, 0.3) is 17.7 Å². The van der Waals surface area contributed by atoms with Crippen LogP contribution >= 0.6 is 11.6 Å². The Labute approximate surface area is 222 Å². The molecule has 0 radical (unpaired) electrons. The number of hydrogen-bond donors (Lipinski definition) is 4. The Morgan fingerprint density at radius 2 is 1.95 bits per heavy atom. The first kappa shape index (κ1) is 27.0. The fraction of sp³-hybridized carbons (Fsp3) is 0.391. The number of halogens is 6. The van der Waals surface area contributed by atoms with Gasteiger partial charge in [0, 0.05) is 38.4 Å². The molecule has 3 atom stereocenters. The number of imidazole rings is 1. The molecule has 1 saturated heterocycles. The maximum absolute atomic E-state index is 13.6. The van der Waals surface area contributed by atoms with Crippen molar-refractivity contribution in [2.45, 2.75) is 36.7 Å². The first-order valence-electron chi connectivity index (χ1n) is 11.6. The lowest BCUT2D eigenvalue weighted by molar-refractivity contribution is -0.141. The third-order valence-electron chi connectivity index (χ3n) is 6.55. The van der Waals surface area contributed by atoms with Crippen LogP contribution in [0.3, 0.4) is 0 Å². The molecule has 2 aliphatic rings. The van der Waals surface area contributed by atoms with E-state index in [-0.39, 0.29) is 27.8 Å². The quantitative estimate of drug-likeness (QED) is 0.336. The number of carbonyl (C=O) groups excluding carboxylic acids is 2. The second-order valence-corrected chi connectivity index (χ2v) is 9.74. The summed E-state index contributed by atoms with van der Waals surface area (Å²) in [5.74, 6) is -4.74. The Bertz CT molecular complexity index is 1450. The van der Waals surface area contributed by atoms with Gasteiger partial charge in [0.1, 0.15) is 6.04 Å². The Balaban J connectivity index is 1.34. The molecule has 208 valence electrons. The minimum absolute atomic E-state index is 0.00499. The molecule has 1 aliphatic heterocycles.